The van der Waals surface area contributed by atoms with E-state index in [2.05, 4.69) is 229 Å². The zero-order valence-electron chi connectivity index (χ0n) is 29.3. The highest BCUT2D eigenvalue weighted by molar-refractivity contribution is 6.12. The van der Waals surface area contributed by atoms with Crippen LogP contribution in [0.25, 0.3) is 66.4 Å². The predicted molar refractivity (Wildman–Crippen MR) is 226 cm³/mol. The number of fused-ring (bicyclic) bond motifs is 1. The topological polar surface area (TPSA) is 3.24 Å². The molecular formula is C52H37N. The van der Waals surface area contributed by atoms with Gasteiger partial charge in [-0.3, -0.25) is 0 Å². The summed E-state index contributed by atoms with van der Waals surface area (Å²) < 4.78 is 0. The number of benzene rings is 9. The maximum absolute atomic E-state index is 2.45. The molecule has 53 heavy (non-hydrogen) atoms. The summed E-state index contributed by atoms with van der Waals surface area (Å²) in [7, 11) is 0. The second-order valence-electron chi connectivity index (χ2n) is 13.3. The van der Waals surface area contributed by atoms with E-state index in [9.17, 15) is 0 Å². The summed E-state index contributed by atoms with van der Waals surface area (Å²) in [4.78, 5) is 2.45. The van der Waals surface area contributed by atoms with E-state index in [4.69, 9.17) is 0 Å². The Kier molecular flexibility index (Phi) is 8.66. The Morgan fingerprint density at radius 2 is 0.528 bits per heavy atom. The average Bonchev–Trinajstić information content (AvgIpc) is 3.25. The largest absolute Gasteiger partial charge is 0.309 e. The van der Waals surface area contributed by atoms with Gasteiger partial charge < -0.3 is 4.90 Å². The number of nitrogens with zero attached hydrogens (tertiary/aromatic N) is 1. The standard InChI is InChI=1S/C52H37N/c1-5-15-38(16-6-1)41-25-27-45(28-26-41)51-37-50(44-21-11-4-12-22-44)48-23-13-14-24-49(48)52(51)53(46-33-29-42(30-34-46)39-17-7-2-8-18-39)47-35-31-43(32-36-47)40-19-9-3-10-20-40/h1-37H. The highest BCUT2D eigenvalue weighted by atomic mass is 15.1. The summed E-state index contributed by atoms with van der Waals surface area (Å²) in [5.41, 5.74) is 15.3. The Morgan fingerprint density at radius 3 is 0.962 bits per heavy atom. The maximum Gasteiger partial charge on any atom is 0.0618 e. The fourth-order valence-corrected chi connectivity index (χ4v) is 7.42. The van der Waals surface area contributed by atoms with Gasteiger partial charge in [-0.05, 0) is 85.8 Å². The summed E-state index contributed by atoms with van der Waals surface area (Å²) in [6.45, 7) is 0. The molecule has 0 N–H and O–H groups in total. The molecule has 9 aromatic rings. The van der Waals surface area contributed by atoms with Gasteiger partial charge in [-0.2, -0.15) is 0 Å². The van der Waals surface area contributed by atoms with Crippen molar-refractivity contribution >= 4 is 27.8 Å². The maximum atomic E-state index is 2.45. The summed E-state index contributed by atoms with van der Waals surface area (Å²) in [5.74, 6) is 0. The molecule has 0 aliphatic rings. The van der Waals surface area contributed by atoms with Gasteiger partial charge in [0.05, 0.1) is 5.69 Å². The number of hydrogen-bond acceptors (Lipinski definition) is 1. The quantitative estimate of drug-likeness (QED) is 0.155. The van der Waals surface area contributed by atoms with Crippen LogP contribution in [0, 0.1) is 0 Å². The van der Waals surface area contributed by atoms with Gasteiger partial charge >= 0.3 is 0 Å². The van der Waals surface area contributed by atoms with Crippen LogP contribution in [0.2, 0.25) is 0 Å². The van der Waals surface area contributed by atoms with Crippen molar-refractivity contribution in [3.63, 3.8) is 0 Å². The van der Waals surface area contributed by atoms with Gasteiger partial charge in [-0.25, -0.2) is 0 Å². The van der Waals surface area contributed by atoms with Crippen molar-refractivity contribution in [1.82, 2.24) is 0 Å². The third-order valence-electron chi connectivity index (χ3n) is 10.1. The lowest BCUT2D eigenvalue weighted by molar-refractivity contribution is 1.30. The van der Waals surface area contributed by atoms with Crippen molar-refractivity contribution in [2.75, 3.05) is 4.90 Å². The number of rotatable bonds is 8. The smallest absolute Gasteiger partial charge is 0.0618 e. The minimum atomic E-state index is 1.09. The molecule has 0 aliphatic heterocycles. The van der Waals surface area contributed by atoms with Crippen molar-refractivity contribution in [3.8, 4) is 55.6 Å². The first-order valence-corrected chi connectivity index (χ1v) is 18.2. The summed E-state index contributed by atoms with van der Waals surface area (Å²) >= 11 is 0. The van der Waals surface area contributed by atoms with E-state index in [-0.39, 0.29) is 0 Å². The van der Waals surface area contributed by atoms with Crippen molar-refractivity contribution < 1.29 is 0 Å². The van der Waals surface area contributed by atoms with Gasteiger partial charge in [0.2, 0.25) is 0 Å². The van der Waals surface area contributed by atoms with Gasteiger partial charge in [0, 0.05) is 22.3 Å². The zero-order chi connectivity index (χ0) is 35.4. The van der Waals surface area contributed by atoms with Gasteiger partial charge in [0.1, 0.15) is 0 Å². The Hall–Kier alpha value is -6.96. The molecular weight excluding hydrogens is 639 g/mol. The first-order chi connectivity index (χ1) is 26.3. The Morgan fingerprint density at radius 1 is 0.226 bits per heavy atom. The Balaban J connectivity index is 1.29. The van der Waals surface area contributed by atoms with Crippen molar-refractivity contribution in [3.05, 3.63) is 224 Å². The summed E-state index contributed by atoms with van der Waals surface area (Å²) in [6.07, 6.45) is 0. The van der Waals surface area contributed by atoms with E-state index in [0.717, 1.165) is 22.6 Å². The molecule has 0 aliphatic carbocycles. The molecule has 9 rings (SSSR count). The van der Waals surface area contributed by atoms with Crippen LogP contribution >= 0.6 is 0 Å². The van der Waals surface area contributed by atoms with Crippen LogP contribution in [0.4, 0.5) is 17.1 Å². The lowest BCUT2D eigenvalue weighted by Gasteiger charge is -2.30. The Labute approximate surface area is 311 Å². The molecule has 1 nitrogen and oxygen atoms in total. The number of hydrogen-bond donors (Lipinski definition) is 0. The van der Waals surface area contributed by atoms with Gasteiger partial charge in [0.15, 0.2) is 0 Å². The van der Waals surface area contributed by atoms with E-state index >= 15 is 0 Å². The molecule has 0 atom stereocenters. The fourth-order valence-electron chi connectivity index (χ4n) is 7.42. The molecule has 9 aromatic carbocycles. The Bertz CT molecular complexity index is 2510. The minimum absolute atomic E-state index is 1.09. The molecule has 0 saturated heterocycles. The second-order valence-corrected chi connectivity index (χ2v) is 13.3. The average molecular weight is 676 g/mol. The number of anilines is 3. The third kappa shape index (κ3) is 6.42. The molecule has 0 aromatic heterocycles. The van der Waals surface area contributed by atoms with Crippen molar-refractivity contribution in [2.24, 2.45) is 0 Å². The van der Waals surface area contributed by atoms with E-state index in [1.807, 2.05) is 0 Å². The predicted octanol–water partition coefficient (Wildman–Crippen LogP) is 14.6. The van der Waals surface area contributed by atoms with E-state index in [0.29, 0.717) is 0 Å². The minimum Gasteiger partial charge on any atom is -0.309 e. The zero-order valence-corrected chi connectivity index (χ0v) is 29.3. The van der Waals surface area contributed by atoms with Crippen molar-refractivity contribution in [2.45, 2.75) is 0 Å². The monoisotopic (exact) mass is 675 g/mol. The summed E-state index contributed by atoms with van der Waals surface area (Å²) in [5, 5.41) is 2.40. The summed E-state index contributed by atoms with van der Waals surface area (Å²) in [6, 6.07) is 80.9. The molecule has 0 fully saturated rings. The van der Waals surface area contributed by atoms with Crippen LogP contribution in [-0.4, -0.2) is 0 Å². The van der Waals surface area contributed by atoms with E-state index in [1.165, 1.54) is 60.8 Å². The normalized spacial score (nSPS) is 11.0. The molecule has 0 radical (unpaired) electrons. The molecule has 0 saturated carbocycles. The van der Waals surface area contributed by atoms with Crippen LogP contribution in [0.3, 0.4) is 0 Å². The fraction of sp³-hybridized carbons (Fsp3) is 0. The van der Waals surface area contributed by atoms with Crippen LogP contribution < -0.4 is 4.90 Å². The molecule has 0 bridgehead atoms. The third-order valence-corrected chi connectivity index (χ3v) is 10.1. The first-order valence-electron chi connectivity index (χ1n) is 18.2. The lowest BCUT2D eigenvalue weighted by Crippen LogP contribution is -2.12. The molecule has 0 amide bonds. The first kappa shape index (κ1) is 32.0. The van der Waals surface area contributed by atoms with Gasteiger partial charge in [-0.1, -0.05) is 194 Å². The van der Waals surface area contributed by atoms with E-state index < -0.39 is 0 Å². The van der Waals surface area contributed by atoms with E-state index in [1.54, 1.807) is 0 Å². The molecule has 0 spiro atoms. The lowest BCUT2D eigenvalue weighted by atomic mass is 9.89. The van der Waals surface area contributed by atoms with Crippen LogP contribution in [0.15, 0.2) is 224 Å². The molecule has 0 heterocycles. The molecule has 1 heteroatoms. The second kappa shape index (κ2) is 14.3. The highest BCUT2D eigenvalue weighted by Crippen LogP contribution is 2.48. The van der Waals surface area contributed by atoms with Crippen LogP contribution in [-0.2, 0) is 0 Å². The van der Waals surface area contributed by atoms with Crippen LogP contribution in [0.5, 0.6) is 0 Å². The van der Waals surface area contributed by atoms with Gasteiger partial charge in [-0.15, -0.1) is 0 Å². The van der Waals surface area contributed by atoms with Crippen LogP contribution in [0.1, 0.15) is 0 Å². The van der Waals surface area contributed by atoms with Gasteiger partial charge in [0.25, 0.3) is 0 Å². The molecule has 250 valence electrons. The van der Waals surface area contributed by atoms with Crippen molar-refractivity contribution in [1.29, 1.82) is 0 Å². The SMILES string of the molecule is c1ccc(-c2ccc(-c3cc(-c4ccccc4)c4ccccc4c3N(c3ccc(-c4ccccc4)cc3)c3ccc(-c4ccccc4)cc3)cc2)cc1. The molecule has 0 unspecified atom stereocenters. The highest BCUT2D eigenvalue weighted by Gasteiger charge is 2.23.